The lowest BCUT2D eigenvalue weighted by atomic mass is 9.79. The molecule has 0 unspecified atom stereocenters. The van der Waals surface area contributed by atoms with Crippen LogP contribution in [0.5, 0.6) is 0 Å². The van der Waals surface area contributed by atoms with Gasteiger partial charge in [-0.2, -0.15) is 0 Å². The van der Waals surface area contributed by atoms with Crippen LogP contribution >= 0.6 is 0 Å². The maximum Gasteiger partial charge on any atom is 0.0558 e. The predicted octanol–water partition coefficient (Wildman–Crippen LogP) is 1.48. The van der Waals surface area contributed by atoms with Gasteiger partial charge < -0.3 is 15.2 Å². The lowest BCUT2D eigenvalue weighted by Gasteiger charge is -2.43. The Morgan fingerprint density at radius 2 is 1.84 bits per heavy atom. The fraction of sp³-hybridized carbons (Fsp3) is 1.00. The second-order valence-corrected chi connectivity index (χ2v) is 6.44. The SMILES string of the molecule is CC(C)NCC1(CN(CCO)C(C)C)CCOCC1. The van der Waals surface area contributed by atoms with E-state index < -0.39 is 0 Å². The fourth-order valence-electron chi connectivity index (χ4n) is 2.69. The van der Waals surface area contributed by atoms with Gasteiger partial charge in [0.2, 0.25) is 0 Å². The van der Waals surface area contributed by atoms with Crippen molar-refractivity contribution in [3.63, 3.8) is 0 Å². The molecular weight excluding hydrogens is 240 g/mol. The largest absolute Gasteiger partial charge is 0.395 e. The van der Waals surface area contributed by atoms with Crippen LogP contribution < -0.4 is 5.32 Å². The minimum Gasteiger partial charge on any atom is -0.395 e. The van der Waals surface area contributed by atoms with Gasteiger partial charge in [-0.15, -0.1) is 0 Å². The summed E-state index contributed by atoms with van der Waals surface area (Å²) in [4.78, 5) is 2.40. The molecule has 1 aliphatic rings. The summed E-state index contributed by atoms with van der Waals surface area (Å²) >= 11 is 0. The second kappa shape index (κ2) is 8.20. The van der Waals surface area contributed by atoms with Crippen LogP contribution in [0.15, 0.2) is 0 Å². The molecule has 0 aromatic heterocycles. The summed E-state index contributed by atoms with van der Waals surface area (Å²) in [6.07, 6.45) is 2.22. The van der Waals surface area contributed by atoms with Gasteiger partial charge in [-0.05, 0) is 32.1 Å². The second-order valence-electron chi connectivity index (χ2n) is 6.44. The third kappa shape index (κ3) is 5.78. The van der Waals surface area contributed by atoms with Crippen LogP contribution in [0.2, 0.25) is 0 Å². The van der Waals surface area contributed by atoms with E-state index in [1.165, 1.54) is 0 Å². The highest BCUT2D eigenvalue weighted by atomic mass is 16.5. The van der Waals surface area contributed by atoms with Crippen molar-refractivity contribution in [1.82, 2.24) is 10.2 Å². The van der Waals surface area contributed by atoms with Crippen LogP contribution in [-0.4, -0.2) is 61.5 Å². The van der Waals surface area contributed by atoms with Gasteiger partial charge in [0.05, 0.1) is 6.61 Å². The van der Waals surface area contributed by atoms with Crippen molar-refractivity contribution in [2.45, 2.75) is 52.6 Å². The number of hydrogen-bond donors (Lipinski definition) is 2. The molecule has 1 heterocycles. The first-order valence-electron chi connectivity index (χ1n) is 7.65. The number of ether oxygens (including phenoxy) is 1. The molecule has 0 aromatic rings. The number of hydrogen-bond acceptors (Lipinski definition) is 4. The van der Waals surface area contributed by atoms with Gasteiger partial charge in [0, 0.05) is 44.9 Å². The summed E-state index contributed by atoms with van der Waals surface area (Å²) < 4.78 is 5.54. The molecule has 114 valence electrons. The van der Waals surface area contributed by atoms with Gasteiger partial charge in [-0.1, -0.05) is 13.8 Å². The minimum absolute atomic E-state index is 0.238. The Labute approximate surface area is 118 Å². The quantitative estimate of drug-likeness (QED) is 0.702. The first-order chi connectivity index (χ1) is 8.99. The predicted molar refractivity (Wildman–Crippen MR) is 79.4 cm³/mol. The smallest absolute Gasteiger partial charge is 0.0558 e. The minimum atomic E-state index is 0.238. The molecule has 0 spiro atoms. The molecule has 19 heavy (non-hydrogen) atoms. The first kappa shape index (κ1) is 16.9. The third-order valence-electron chi connectivity index (χ3n) is 4.09. The van der Waals surface area contributed by atoms with E-state index >= 15 is 0 Å². The average Bonchev–Trinajstić information content (AvgIpc) is 2.37. The lowest BCUT2D eigenvalue weighted by molar-refractivity contribution is -0.0128. The summed E-state index contributed by atoms with van der Waals surface area (Å²) in [6, 6.07) is 0.996. The fourth-order valence-corrected chi connectivity index (χ4v) is 2.69. The Kier molecular flexibility index (Phi) is 7.29. The van der Waals surface area contributed by atoms with Crippen molar-refractivity contribution in [1.29, 1.82) is 0 Å². The number of nitrogens with zero attached hydrogens (tertiary/aromatic N) is 1. The molecule has 0 aromatic carbocycles. The summed E-state index contributed by atoms with van der Waals surface area (Å²) in [5.74, 6) is 0. The zero-order valence-corrected chi connectivity index (χ0v) is 13.1. The summed E-state index contributed by atoms with van der Waals surface area (Å²) in [5, 5.41) is 12.8. The van der Waals surface area contributed by atoms with Gasteiger partial charge >= 0.3 is 0 Å². The van der Waals surface area contributed by atoms with Gasteiger partial charge in [0.25, 0.3) is 0 Å². The van der Waals surface area contributed by atoms with Crippen molar-refractivity contribution in [3.8, 4) is 0 Å². The monoisotopic (exact) mass is 272 g/mol. The summed E-state index contributed by atoms with van der Waals surface area (Å²) in [6.45, 7) is 13.6. The molecule has 1 aliphatic heterocycles. The molecule has 4 heteroatoms. The van der Waals surface area contributed by atoms with Crippen molar-refractivity contribution >= 4 is 0 Å². The van der Waals surface area contributed by atoms with E-state index in [1.54, 1.807) is 0 Å². The number of aliphatic hydroxyl groups excluding tert-OH is 1. The molecule has 0 atom stereocenters. The van der Waals surface area contributed by atoms with Crippen LogP contribution in [0.3, 0.4) is 0 Å². The Bertz CT molecular complexity index is 238. The van der Waals surface area contributed by atoms with Gasteiger partial charge in [0.15, 0.2) is 0 Å². The van der Waals surface area contributed by atoms with Crippen LogP contribution in [0.25, 0.3) is 0 Å². The van der Waals surface area contributed by atoms with Gasteiger partial charge in [0.1, 0.15) is 0 Å². The molecular formula is C15H32N2O2. The van der Waals surface area contributed by atoms with Crippen molar-refractivity contribution in [2.75, 3.05) is 39.5 Å². The van der Waals surface area contributed by atoms with Crippen molar-refractivity contribution in [3.05, 3.63) is 0 Å². The Balaban J connectivity index is 2.65. The zero-order chi connectivity index (χ0) is 14.3. The highest BCUT2D eigenvalue weighted by Gasteiger charge is 2.34. The van der Waals surface area contributed by atoms with Crippen LogP contribution in [0, 0.1) is 5.41 Å². The lowest BCUT2D eigenvalue weighted by Crippen LogP contribution is -2.50. The number of rotatable bonds is 8. The van der Waals surface area contributed by atoms with E-state index in [9.17, 15) is 5.11 Å². The Morgan fingerprint density at radius 3 is 2.32 bits per heavy atom. The standard InChI is InChI=1S/C15H32N2O2/c1-13(2)16-11-15(5-9-19-10-6-15)12-17(7-8-18)14(3)4/h13-14,16,18H,5-12H2,1-4H3. The molecule has 1 rings (SSSR count). The maximum absolute atomic E-state index is 9.24. The molecule has 2 N–H and O–H groups in total. The van der Waals surface area contributed by atoms with Crippen LogP contribution in [0.1, 0.15) is 40.5 Å². The molecule has 0 aliphatic carbocycles. The van der Waals surface area contributed by atoms with Crippen molar-refractivity contribution in [2.24, 2.45) is 5.41 Å². The van der Waals surface area contributed by atoms with E-state index in [1.807, 2.05) is 0 Å². The highest BCUT2D eigenvalue weighted by molar-refractivity contribution is 4.88. The maximum atomic E-state index is 9.24. The van der Waals surface area contributed by atoms with Gasteiger partial charge in [-0.3, -0.25) is 4.90 Å². The zero-order valence-electron chi connectivity index (χ0n) is 13.1. The van der Waals surface area contributed by atoms with E-state index in [0.717, 1.165) is 45.7 Å². The van der Waals surface area contributed by atoms with Crippen molar-refractivity contribution < 1.29 is 9.84 Å². The molecule has 0 amide bonds. The number of aliphatic hydroxyl groups is 1. The molecule has 0 bridgehead atoms. The Hall–Kier alpha value is -0.160. The van der Waals surface area contributed by atoms with Crippen LogP contribution in [-0.2, 0) is 4.74 Å². The normalized spacial score (nSPS) is 19.6. The topological polar surface area (TPSA) is 44.7 Å². The molecule has 0 saturated carbocycles. The van der Waals surface area contributed by atoms with E-state index in [-0.39, 0.29) is 6.61 Å². The average molecular weight is 272 g/mol. The van der Waals surface area contributed by atoms with Crippen LogP contribution in [0.4, 0.5) is 0 Å². The summed E-state index contributed by atoms with van der Waals surface area (Å²) in [5.41, 5.74) is 0.294. The number of nitrogens with one attached hydrogen (secondary N) is 1. The molecule has 0 radical (unpaired) electrons. The van der Waals surface area contributed by atoms with E-state index in [2.05, 4.69) is 37.9 Å². The molecule has 4 nitrogen and oxygen atoms in total. The highest BCUT2D eigenvalue weighted by Crippen LogP contribution is 2.31. The molecule has 1 fully saturated rings. The van der Waals surface area contributed by atoms with E-state index in [0.29, 0.717) is 17.5 Å². The Morgan fingerprint density at radius 1 is 1.21 bits per heavy atom. The van der Waals surface area contributed by atoms with Gasteiger partial charge in [-0.25, -0.2) is 0 Å². The third-order valence-corrected chi connectivity index (χ3v) is 4.09. The first-order valence-corrected chi connectivity index (χ1v) is 7.65. The van der Waals surface area contributed by atoms with E-state index in [4.69, 9.17) is 4.74 Å². The molecule has 1 saturated heterocycles. The summed E-state index contributed by atoms with van der Waals surface area (Å²) in [7, 11) is 0.